The lowest BCUT2D eigenvalue weighted by Gasteiger charge is -2.37. The Balaban J connectivity index is 1.37. The highest BCUT2D eigenvalue weighted by Gasteiger charge is 2.52. The van der Waals surface area contributed by atoms with Gasteiger partial charge in [-0.1, -0.05) is 0 Å². The van der Waals surface area contributed by atoms with Crippen LogP contribution in [0.5, 0.6) is 5.75 Å². The summed E-state index contributed by atoms with van der Waals surface area (Å²) in [5, 5.41) is 19.1. The molecule has 0 unspecified atom stereocenters. The maximum absolute atomic E-state index is 14.9. The van der Waals surface area contributed by atoms with Crippen LogP contribution < -0.4 is 4.90 Å². The van der Waals surface area contributed by atoms with Gasteiger partial charge in [0.1, 0.15) is 11.9 Å². The SMILES string of the molecule is CN1C[C@H]2C[C@@H]1[C@@H](F)[C@@H]2N(C)c1ccc(-c2ccc(-n3ccnc3)cc2O)nn1. The summed E-state index contributed by atoms with van der Waals surface area (Å²) in [5.41, 5.74) is 1.98. The highest BCUT2D eigenvalue weighted by Crippen LogP contribution is 2.42. The van der Waals surface area contributed by atoms with Crippen LogP contribution in [0.4, 0.5) is 10.2 Å². The first-order chi connectivity index (χ1) is 14.0. The number of alkyl halides is 1. The van der Waals surface area contributed by atoms with Gasteiger partial charge in [0.25, 0.3) is 0 Å². The van der Waals surface area contributed by atoms with Crippen LogP contribution in [0, 0.1) is 5.92 Å². The Morgan fingerprint density at radius 1 is 1.21 bits per heavy atom. The van der Waals surface area contributed by atoms with Gasteiger partial charge in [0, 0.05) is 43.7 Å². The van der Waals surface area contributed by atoms with E-state index in [0.717, 1.165) is 18.7 Å². The number of rotatable bonds is 4. The number of aromatic hydroxyl groups is 1. The van der Waals surface area contributed by atoms with E-state index in [4.69, 9.17) is 0 Å². The number of likely N-dealkylation sites (tertiary alicyclic amines) is 1. The average molecular weight is 394 g/mol. The van der Waals surface area contributed by atoms with Gasteiger partial charge in [0.2, 0.25) is 0 Å². The highest BCUT2D eigenvalue weighted by molar-refractivity contribution is 5.69. The van der Waals surface area contributed by atoms with Crippen molar-refractivity contribution in [3.05, 3.63) is 49.1 Å². The van der Waals surface area contributed by atoms with Gasteiger partial charge in [0.05, 0.1) is 23.8 Å². The monoisotopic (exact) mass is 394 g/mol. The third-order valence-electron chi connectivity index (χ3n) is 6.33. The average Bonchev–Trinajstić information content (AvgIpc) is 3.44. The summed E-state index contributed by atoms with van der Waals surface area (Å²) in [6, 6.07) is 8.85. The number of imidazole rings is 1. The molecule has 8 heteroatoms. The first-order valence-electron chi connectivity index (χ1n) is 9.75. The second kappa shape index (κ2) is 6.81. The molecule has 2 bridgehead atoms. The van der Waals surface area contributed by atoms with Gasteiger partial charge in [0.15, 0.2) is 5.82 Å². The maximum atomic E-state index is 14.9. The molecule has 0 amide bonds. The van der Waals surface area contributed by atoms with Crippen LogP contribution >= 0.6 is 0 Å². The van der Waals surface area contributed by atoms with Crippen molar-refractivity contribution < 1.29 is 9.50 Å². The molecule has 1 aliphatic heterocycles. The summed E-state index contributed by atoms with van der Waals surface area (Å²) in [6.07, 6.45) is 5.18. The largest absolute Gasteiger partial charge is 0.507 e. The van der Waals surface area contributed by atoms with Gasteiger partial charge in [-0.2, -0.15) is 0 Å². The number of aromatic nitrogens is 4. The van der Waals surface area contributed by atoms with Crippen molar-refractivity contribution in [1.29, 1.82) is 0 Å². The number of halogens is 1. The number of hydrogen-bond acceptors (Lipinski definition) is 6. The molecule has 150 valence electrons. The molecule has 5 rings (SSSR count). The van der Waals surface area contributed by atoms with E-state index in [0.29, 0.717) is 23.0 Å². The molecule has 29 heavy (non-hydrogen) atoms. The Morgan fingerprint density at radius 3 is 2.69 bits per heavy atom. The number of phenolic OH excluding ortho intramolecular Hbond substituents is 1. The van der Waals surface area contributed by atoms with Crippen molar-refractivity contribution in [3.8, 4) is 22.7 Å². The van der Waals surface area contributed by atoms with Crippen molar-refractivity contribution >= 4 is 5.82 Å². The molecule has 7 nitrogen and oxygen atoms in total. The summed E-state index contributed by atoms with van der Waals surface area (Å²) < 4.78 is 16.7. The van der Waals surface area contributed by atoms with Crippen LogP contribution in [0.25, 0.3) is 16.9 Å². The molecule has 1 saturated heterocycles. The molecule has 0 radical (unpaired) electrons. The molecule has 3 heterocycles. The first kappa shape index (κ1) is 18.1. The van der Waals surface area contributed by atoms with Crippen molar-refractivity contribution in [1.82, 2.24) is 24.6 Å². The molecule has 4 atom stereocenters. The fraction of sp³-hybridized carbons (Fsp3) is 0.381. The van der Waals surface area contributed by atoms with E-state index in [2.05, 4.69) is 20.1 Å². The molecule has 0 spiro atoms. The Labute approximate surface area is 168 Å². The first-order valence-corrected chi connectivity index (χ1v) is 9.75. The van der Waals surface area contributed by atoms with E-state index in [9.17, 15) is 9.50 Å². The molecule has 1 aliphatic carbocycles. The summed E-state index contributed by atoms with van der Waals surface area (Å²) in [5.74, 6) is 1.07. The van der Waals surface area contributed by atoms with Crippen molar-refractivity contribution in [3.63, 3.8) is 0 Å². The zero-order valence-corrected chi connectivity index (χ0v) is 16.4. The molecular formula is C21H23FN6O. The fourth-order valence-corrected chi connectivity index (χ4v) is 4.83. The summed E-state index contributed by atoms with van der Waals surface area (Å²) in [6.45, 7) is 0.919. The molecule has 1 aromatic carbocycles. The third-order valence-corrected chi connectivity index (χ3v) is 6.33. The summed E-state index contributed by atoms with van der Waals surface area (Å²) in [4.78, 5) is 8.05. The third kappa shape index (κ3) is 2.95. The maximum Gasteiger partial charge on any atom is 0.151 e. The molecule has 2 aliphatic rings. The number of hydrogen-bond donors (Lipinski definition) is 1. The Morgan fingerprint density at radius 2 is 2.07 bits per heavy atom. The summed E-state index contributed by atoms with van der Waals surface area (Å²) in [7, 11) is 3.88. The number of nitrogens with zero attached hydrogens (tertiary/aromatic N) is 6. The van der Waals surface area contributed by atoms with E-state index in [1.807, 2.05) is 48.0 Å². The molecular weight excluding hydrogens is 371 g/mol. The normalized spacial score (nSPS) is 26.2. The minimum absolute atomic E-state index is 0.00522. The molecule has 1 saturated carbocycles. The number of fused-ring (bicyclic) bond motifs is 2. The van der Waals surface area contributed by atoms with Crippen LogP contribution in [0.15, 0.2) is 49.1 Å². The van der Waals surface area contributed by atoms with Crippen LogP contribution in [0.1, 0.15) is 6.42 Å². The standard InChI is InChI=1S/C21H23FN6O/c1-26-11-13-9-17(26)20(22)21(13)27(2)19-6-5-16(24-25-19)15-4-3-14(10-18(15)29)28-8-7-23-12-28/h3-8,10,12-13,17,20-21,29H,9,11H2,1-2H3/t13-,17-,20-,21-/m1/s1. The van der Waals surface area contributed by atoms with E-state index in [-0.39, 0.29) is 17.8 Å². The van der Waals surface area contributed by atoms with Gasteiger partial charge in [-0.25, -0.2) is 9.37 Å². The van der Waals surface area contributed by atoms with Gasteiger partial charge < -0.3 is 19.5 Å². The van der Waals surface area contributed by atoms with Crippen LogP contribution in [0.2, 0.25) is 0 Å². The van der Waals surface area contributed by atoms with Crippen molar-refractivity contribution in [2.24, 2.45) is 5.92 Å². The van der Waals surface area contributed by atoms with E-state index in [1.165, 1.54) is 0 Å². The molecule has 2 fully saturated rings. The topological polar surface area (TPSA) is 70.3 Å². The van der Waals surface area contributed by atoms with Crippen molar-refractivity contribution in [2.45, 2.75) is 24.7 Å². The van der Waals surface area contributed by atoms with Crippen molar-refractivity contribution in [2.75, 3.05) is 25.5 Å². The Kier molecular flexibility index (Phi) is 4.24. The van der Waals surface area contributed by atoms with E-state index < -0.39 is 6.17 Å². The van der Waals surface area contributed by atoms with Gasteiger partial charge in [-0.15, -0.1) is 10.2 Å². The van der Waals surface area contributed by atoms with Crippen LogP contribution in [0.3, 0.4) is 0 Å². The molecule has 1 N–H and O–H groups in total. The number of benzene rings is 1. The van der Waals surface area contributed by atoms with Gasteiger partial charge in [-0.3, -0.25) is 0 Å². The molecule has 2 aromatic heterocycles. The number of phenols is 1. The van der Waals surface area contributed by atoms with Crippen LogP contribution in [-0.2, 0) is 0 Å². The van der Waals surface area contributed by atoms with Crippen LogP contribution in [-0.4, -0.2) is 68.7 Å². The number of anilines is 1. The van der Waals surface area contributed by atoms with Gasteiger partial charge in [-0.05, 0) is 43.7 Å². The second-order valence-electron chi connectivity index (χ2n) is 8.00. The lowest BCUT2D eigenvalue weighted by Crippen LogP contribution is -2.51. The lowest BCUT2D eigenvalue weighted by atomic mass is 10.0. The Hall–Kier alpha value is -3.00. The summed E-state index contributed by atoms with van der Waals surface area (Å²) >= 11 is 0. The predicted molar refractivity (Wildman–Crippen MR) is 108 cm³/mol. The minimum Gasteiger partial charge on any atom is -0.507 e. The molecule has 3 aromatic rings. The second-order valence-corrected chi connectivity index (χ2v) is 8.00. The Bertz CT molecular complexity index is 1010. The zero-order valence-electron chi connectivity index (χ0n) is 16.4. The highest BCUT2D eigenvalue weighted by atomic mass is 19.1. The minimum atomic E-state index is -0.884. The number of piperidine rings is 1. The van der Waals surface area contributed by atoms with E-state index in [1.54, 1.807) is 24.7 Å². The smallest absolute Gasteiger partial charge is 0.151 e. The predicted octanol–water partition coefficient (Wildman–Crippen LogP) is 2.51. The van der Waals surface area contributed by atoms with E-state index >= 15 is 0 Å². The zero-order chi connectivity index (χ0) is 20.1. The lowest BCUT2D eigenvalue weighted by molar-refractivity contribution is 0.126. The van der Waals surface area contributed by atoms with Gasteiger partial charge >= 0.3 is 0 Å². The fourth-order valence-electron chi connectivity index (χ4n) is 4.83. The quantitative estimate of drug-likeness (QED) is 0.733.